The van der Waals surface area contributed by atoms with Crippen molar-refractivity contribution in [1.29, 1.82) is 0 Å². The molecule has 1 atom stereocenters. The van der Waals surface area contributed by atoms with Gasteiger partial charge in [-0.15, -0.1) is 0 Å². The summed E-state index contributed by atoms with van der Waals surface area (Å²) in [6.07, 6.45) is 7.07. The predicted molar refractivity (Wildman–Crippen MR) is 69.2 cm³/mol. The third-order valence-electron chi connectivity index (χ3n) is 3.29. The summed E-state index contributed by atoms with van der Waals surface area (Å²) in [5.74, 6) is -0.257. The molecule has 0 saturated heterocycles. The Bertz CT molecular complexity index is 404. The Hall–Kier alpha value is -1.51. The van der Waals surface area contributed by atoms with Crippen LogP contribution < -0.4 is 5.73 Å². The van der Waals surface area contributed by atoms with Crippen molar-refractivity contribution in [2.45, 2.75) is 46.1 Å². The van der Waals surface area contributed by atoms with E-state index in [9.17, 15) is 4.79 Å². The van der Waals surface area contributed by atoms with Crippen molar-refractivity contribution in [3.05, 3.63) is 35.1 Å². The van der Waals surface area contributed by atoms with E-state index in [2.05, 4.69) is 0 Å². The minimum atomic E-state index is -0.458. The summed E-state index contributed by atoms with van der Waals surface area (Å²) in [7, 11) is 0. The zero-order chi connectivity index (χ0) is 13.1. The Kier molecular flexibility index (Phi) is 4.16. The smallest absolute Gasteiger partial charge is 0.339 e. The molecule has 94 valence electrons. The van der Waals surface area contributed by atoms with Crippen molar-refractivity contribution in [2.24, 2.45) is 5.73 Å². The summed E-state index contributed by atoms with van der Waals surface area (Å²) in [5, 5.41) is 0. The van der Waals surface area contributed by atoms with E-state index in [1.165, 1.54) is 0 Å². The van der Waals surface area contributed by atoms with Crippen LogP contribution >= 0.6 is 0 Å². The average molecular weight is 235 g/mol. The summed E-state index contributed by atoms with van der Waals surface area (Å²) >= 11 is 0. The number of hydrogen-bond donors (Lipinski definition) is 1. The van der Waals surface area contributed by atoms with Crippen molar-refractivity contribution >= 4 is 5.97 Å². The van der Waals surface area contributed by atoms with Gasteiger partial charge < -0.3 is 10.5 Å². The largest absolute Gasteiger partial charge is 0.451 e. The molecule has 0 radical (unpaired) electrons. The molecule has 0 fully saturated rings. The van der Waals surface area contributed by atoms with Crippen molar-refractivity contribution in [3.63, 3.8) is 0 Å². The summed E-state index contributed by atoms with van der Waals surface area (Å²) in [6.45, 7) is 7.90. The van der Waals surface area contributed by atoms with Gasteiger partial charge in [0, 0.05) is 5.70 Å². The van der Waals surface area contributed by atoms with E-state index in [0.29, 0.717) is 11.3 Å². The topological polar surface area (TPSA) is 52.3 Å². The molecule has 0 aromatic rings. The zero-order valence-corrected chi connectivity index (χ0v) is 11.0. The van der Waals surface area contributed by atoms with Crippen LogP contribution in [-0.4, -0.2) is 11.6 Å². The van der Waals surface area contributed by atoms with Crippen LogP contribution in [0.5, 0.6) is 0 Å². The monoisotopic (exact) mass is 235 g/mol. The van der Waals surface area contributed by atoms with Crippen molar-refractivity contribution < 1.29 is 9.53 Å². The van der Waals surface area contributed by atoms with E-state index in [-0.39, 0.29) is 5.97 Å². The number of carbonyl (C=O) groups is 1. The second-order valence-corrected chi connectivity index (χ2v) is 4.46. The van der Waals surface area contributed by atoms with Gasteiger partial charge in [0.05, 0.1) is 5.57 Å². The third kappa shape index (κ3) is 2.78. The minimum Gasteiger partial charge on any atom is -0.451 e. The maximum Gasteiger partial charge on any atom is 0.339 e. The predicted octanol–water partition coefficient (Wildman–Crippen LogP) is 2.84. The van der Waals surface area contributed by atoms with Crippen LogP contribution in [0, 0.1) is 0 Å². The van der Waals surface area contributed by atoms with Crippen LogP contribution in [0.15, 0.2) is 35.1 Å². The van der Waals surface area contributed by atoms with Crippen molar-refractivity contribution in [3.8, 4) is 0 Å². The zero-order valence-electron chi connectivity index (χ0n) is 11.0. The lowest BCUT2D eigenvalue weighted by atomic mass is 9.92. The molecule has 3 heteroatoms. The SMILES string of the molecule is CC/C=C(N)/C=C\C1=C(C)[C@](C)(CC)OC1=O. The van der Waals surface area contributed by atoms with Crippen LogP contribution in [-0.2, 0) is 9.53 Å². The Morgan fingerprint density at radius 1 is 1.47 bits per heavy atom. The van der Waals surface area contributed by atoms with E-state index < -0.39 is 5.60 Å². The van der Waals surface area contributed by atoms with Crippen LogP contribution in [0.25, 0.3) is 0 Å². The van der Waals surface area contributed by atoms with E-state index in [4.69, 9.17) is 10.5 Å². The van der Waals surface area contributed by atoms with Crippen LogP contribution in [0.4, 0.5) is 0 Å². The van der Waals surface area contributed by atoms with E-state index in [0.717, 1.165) is 18.4 Å². The molecule has 1 heterocycles. The number of allylic oxidation sites excluding steroid dienone is 2. The van der Waals surface area contributed by atoms with Crippen molar-refractivity contribution in [1.82, 2.24) is 0 Å². The third-order valence-corrected chi connectivity index (χ3v) is 3.29. The highest BCUT2D eigenvalue weighted by Crippen LogP contribution is 2.35. The molecular formula is C14H21NO2. The molecule has 0 amide bonds. The van der Waals surface area contributed by atoms with Crippen molar-refractivity contribution in [2.75, 3.05) is 0 Å². The van der Waals surface area contributed by atoms with Crippen LogP contribution in [0.2, 0.25) is 0 Å². The van der Waals surface area contributed by atoms with Gasteiger partial charge in [0.25, 0.3) is 0 Å². The van der Waals surface area contributed by atoms with Gasteiger partial charge in [-0.05, 0) is 44.4 Å². The molecule has 0 spiro atoms. The molecule has 0 unspecified atom stereocenters. The van der Waals surface area contributed by atoms with Gasteiger partial charge in [0.2, 0.25) is 0 Å². The lowest BCUT2D eigenvalue weighted by Gasteiger charge is -2.22. The van der Waals surface area contributed by atoms with E-state index in [1.807, 2.05) is 33.8 Å². The fourth-order valence-electron chi connectivity index (χ4n) is 1.79. The van der Waals surface area contributed by atoms with Gasteiger partial charge >= 0.3 is 5.97 Å². The normalized spacial score (nSPS) is 25.9. The Balaban J connectivity index is 2.98. The molecule has 0 saturated carbocycles. The van der Waals surface area contributed by atoms with Gasteiger partial charge in [-0.2, -0.15) is 0 Å². The molecule has 2 N–H and O–H groups in total. The number of rotatable bonds is 4. The lowest BCUT2D eigenvalue weighted by Crippen LogP contribution is -2.25. The standard InChI is InChI=1S/C14H21NO2/c1-5-7-11(15)8-9-12-10(3)14(4,6-2)17-13(12)16/h7-9H,5-6,15H2,1-4H3/b9-8-,11-7-/t14-/m0/s1. The molecule has 0 aliphatic carbocycles. The first-order valence-corrected chi connectivity index (χ1v) is 6.03. The van der Waals surface area contributed by atoms with Gasteiger partial charge in [0.1, 0.15) is 5.60 Å². The summed E-state index contributed by atoms with van der Waals surface area (Å²) < 4.78 is 5.39. The highest BCUT2D eigenvalue weighted by molar-refractivity contribution is 5.95. The Morgan fingerprint density at radius 2 is 2.12 bits per heavy atom. The van der Waals surface area contributed by atoms with Gasteiger partial charge in [-0.3, -0.25) is 0 Å². The molecule has 3 nitrogen and oxygen atoms in total. The number of nitrogens with two attached hydrogens (primary N) is 1. The number of ether oxygens (including phenoxy) is 1. The average Bonchev–Trinajstić information content (AvgIpc) is 2.49. The number of carbonyl (C=O) groups excluding carboxylic acids is 1. The highest BCUT2D eigenvalue weighted by atomic mass is 16.6. The van der Waals surface area contributed by atoms with E-state index in [1.54, 1.807) is 12.2 Å². The first-order valence-electron chi connectivity index (χ1n) is 6.03. The molecular weight excluding hydrogens is 214 g/mol. The lowest BCUT2D eigenvalue weighted by molar-refractivity contribution is -0.145. The summed E-state index contributed by atoms with van der Waals surface area (Å²) in [4.78, 5) is 11.7. The van der Waals surface area contributed by atoms with Crippen LogP contribution in [0.3, 0.4) is 0 Å². The highest BCUT2D eigenvalue weighted by Gasteiger charge is 2.38. The molecule has 0 bridgehead atoms. The second kappa shape index (κ2) is 5.21. The second-order valence-electron chi connectivity index (χ2n) is 4.46. The van der Waals surface area contributed by atoms with Gasteiger partial charge in [-0.25, -0.2) is 4.79 Å². The molecule has 1 aliphatic rings. The molecule has 0 aromatic carbocycles. The van der Waals surface area contributed by atoms with Gasteiger partial charge in [-0.1, -0.05) is 19.9 Å². The first-order chi connectivity index (χ1) is 7.94. The number of cyclic esters (lactones) is 1. The van der Waals surface area contributed by atoms with Crippen LogP contribution in [0.1, 0.15) is 40.5 Å². The summed E-state index contributed by atoms with van der Waals surface area (Å²) in [5.41, 5.74) is 7.57. The fraction of sp³-hybridized carbons (Fsp3) is 0.500. The molecule has 1 rings (SSSR count). The van der Waals surface area contributed by atoms with Gasteiger partial charge in [0.15, 0.2) is 0 Å². The molecule has 1 aliphatic heterocycles. The molecule has 17 heavy (non-hydrogen) atoms. The Morgan fingerprint density at radius 3 is 2.59 bits per heavy atom. The maximum absolute atomic E-state index is 11.7. The minimum absolute atomic E-state index is 0.257. The first kappa shape index (κ1) is 13.6. The quantitative estimate of drug-likeness (QED) is 0.602. The number of hydrogen-bond acceptors (Lipinski definition) is 3. The van der Waals surface area contributed by atoms with E-state index >= 15 is 0 Å². The Labute approximate surface area is 103 Å². The summed E-state index contributed by atoms with van der Waals surface area (Å²) in [6, 6.07) is 0. The fourth-order valence-corrected chi connectivity index (χ4v) is 1.79. The number of esters is 1. The maximum atomic E-state index is 11.7. The molecule has 0 aromatic heterocycles.